The molecule has 0 N–H and O–H groups in total. The highest BCUT2D eigenvalue weighted by Crippen LogP contribution is 2.19. The number of likely N-dealkylation sites (N-methyl/N-ethyl adjacent to an activating group) is 2. The van der Waals surface area contributed by atoms with Crippen molar-refractivity contribution in [2.45, 2.75) is 6.42 Å². The molecule has 2 fully saturated rings. The molecule has 2 heterocycles. The third-order valence-electron chi connectivity index (χ3n) is 6.79. The number of nitrogens with zero attached hydrogens (tertiary/aromatic N) is 4. The van der Waals surface area contributed by atoms with E-state index in [2.05, 4.69) is 58.0 Å². The first-order chi connectivity index (χ1) is 17.0. The van der Waals surface area contributed by atoms with Crippen LogP contribution in [-0.2, 0) is 9.59 Å². The van der Waals surface area contributed by atoms with Gasteiger partial charge in [-0.15, -0.1) is 0 Å². The summed E-state index contributed by atoms with van der Waals surface area (Å²) in [5.74, 6) is -0.374. The maximum Gasteiger partial charge on any atom is 0.163 e. The molecule has 0 saturated carbocycles. The molecule has 2 aromatic carbocycles. The number of carbonyl (C=O) groups excluding carboxylic acids is 2. The Bertz CT molecular complexity index is 958. The van der Waals surface area contributed by atoms with Gasteiger partial charge >= 0.3 is 0 Å². The summed E-state index contributed by atoms with van der Waals surface area (Å²) in [5.41, 5.74) is 4.33. The van der Waals surface area contributed by atoms with E-state index in [-0.39, 0.29) is 18.0 Å². The third kappa shape index (κ3) is 7.38. The number of anilines is 2. The molecule has 0 atom stereocenters. The highest BCUT2D eigenvalue weighted by atomic mass is 16.1. The Morgan fingerprint density at radius 3 is 1.29 bits per heavy atom. The van der Waals surface area contributed by atoms with Crippen LogP contribution >= 0.6 is 0 Å². The van der Waals surface area contributed by atoms with Gasteiger partial charge < -0.3 is 19.6 Å². The minimum absolute atomic E-state index is 0.119. The lowest BCUT2D eigenvalue weighted by atomic mass is 10.1. The molecule has 2 aliphatic heterocycles. The number of carbonyl (C=O) groups is 2. The molecule has 0 radical (unpaired) electrons. The summed E-state index contributed by atoms with van der Waals surface area (Å²) >= 11 is 0. The predicted octanol–water partition coefficient (Wildman–Crippen LogP) is 3.45. The largest absolute Gasteiger partial charge is 0.369 e. The van der Waals surface area contributed by atoms with Crippen LogP contribution in [0.1, 0.15) is 17.5 Å². The van der Waals surface area contributed by atoms with E-state index in [9.17, 15) is 9.59 Å². The molecular weight excluding hydrogens is 436 g/mol. The van der Waals surface area contributed by atoms with Crippen molar-refractivity contribution in [3.8, 4) is 0 Å². The van der Waals surface area contributed by atoms with Crippen LogP contribution < -0.4 is 9.80 Å². The Morgan fingerprint density at radius 1 is 0.600 bits per heavy atom. The van der Waals surface area contributed by atoms with Gasteiger partial charge in [-0.2, -0.15) is 0 Å². The monoisotopic (exact) mass is 472 g/mol. The molecule has 4 rings (SSSR count). The summed E-state index contributed by atoms with van der Waals surface area (Å²) < 4.78 is 0. The fourth-order valence-corrected chi connectivity index (χ4v) is 4.39. The van der Waals surface area contributed by atoms with Crippen LogP contribution in [0.25, 0.3) is 12.2 Å². The number of allylic oxidation sites excluding steroid dienone is 2. The van der Waals surface area contributed by atoms with Crippen molar-refractivity contribution in [3.63, 3.8) is 0 Å². The standard InChI is InChI=1S/C29H36N4O2/c1-30-15-19-32(20-16-30)26-9-3-24(4-10-26)7-13-28(34)23-29(35)14-8-25-5-11-27(12-6-25)33-21-17-31(2)18-22-33/h3-14H,15-23H2,1-2H3. The van der Waals surface area contributed by atoms with Crippen molar-refractivity contribution in [3.05, 3.63) is 71.8 Å². The second kappa shape index (κ2) is 12.0. The van der Waals surface area contributed by atoms with Crippen molar-refractivity contribution in [2.24, 2.45) is 0 Å². The zero-order valence-electron chi connectivity index (χ0n) is 20.9. The summed E-state index contributed by atoms with van der Waals surface area (Å²) in [5, 5.41) is 0. The number of hydrogen-bond acceptors (Lipinski definition) is 6. The Labute approximate surface area is 209 Å². The molecular formula is C29H36N4O2. The van der Waals surface area contributed by atoms with E-state index in [4.69, 9.17) is 0 Å². The first kappa shape index (κ1) is 24.9. The van der Waals surface area contributed by atoms with Crippen molar-refractivity contribution in [2.75, 3.05) is 76.3 Å². The average molecular weight is 473 g/mol. The van der Waals surface area contributed by atoms with Crippen LogP contribution in [0.3, 0.4) is 0 Å². The van der Waals surface area contributed by atoms with Gasteiger partial charge in [-0.25, -0.2) is 0 Å². The Morgan fingerprint density at radius 2 is 0.943 bits per heavy atom. The van der Waals surface area contributed by atoms with Crippen LogP contribution in [0.4, 0.5) is 11.4 Å². The number of piperazine rings is 2. The van der Waals surface area contributed by atoms with Crippen LogP contribution in [0.5, 0.6) is 0 Å². The van der Waals surface area contributed by atoms with E-state index >= 15 is 0 Å². The minimum atomic E-state index is -0.187. The van der Waals surface area contributed by atoms with Gasteiger partial charge in [0.2, 0.25) is 0 Å². The summed E-state index contributed by atoms with van der Waals surface area (Å²) in [4.78, 5) is 34.0. The van der Waals surface area contributed by atoms with Crippen molar-refractivity contribution < 1.29 is 9.59 Å². The molecule has 2 saturated heterocycles. The maximum absolute atomic E-state index is 12.3. The van der Waals surface area contributed by atoms with Crippen LogP contribution in [0.15, 0.2) is 60.7 Å². The zero-order valence-corrected chi connectivity index (χ0v) is 20.9. The molecule has 0 unspecified atom stereocenters. The minimum Gasteiger partial charge on any atom is -0.369 e. The fraction of sp³-hybridized carbons (Fsp3) is 0.379. The normalized spacial score (nSPS) is 18.0. The van der Waals surface area contributed by atoms with Gasteiger partial charge in [0.05, 0.1) is 6.42 Å². The zero-order chi connectivity index (χ0) is 24.6. The number of ketones is 2. The molecule has 0 amide bonds. The van der Waals surface area contributed by atoms with E-state index in [0.29, 0.717) is 0 Å². The third-order valence-corrected chi connectivity index (χ3v) is 6.79. The molecule has 184 valence electrons. The summed E-state index contributed by atoms with van der Waals surface area (Å²) in [6.45, 7) is 8.39. The maximum atomic E-state index is 12.3. The molecule has 2 aromatic rings. The Kier molecular flexibility index (Phi) is 8.50. The van der Waals surface area contributed by atoms with Gasteiger partial charge in [-0.05, 0) is 61.6 Å². The molecule has 6 nitrogen and oxygen atoms in total. The van der Waals surface area contributed by atoms with Crippen molar-refractivity contribution in [1.29, 1.82) is 0 Å². The Hall–Kier alpha value is -3.22. The lowest BCUT2D eigenvalue weighted by molar-refractivity contribution is -0.121. The van der Waals surface area contributed by atoms with Crippen molar-refractivity contribution in [1.82, 2.24) is 9.80 Å². The van der Waals surface area contributed by atoms with Gasteiger partial charge in [0.1, 0.15) is 0 Å². The lowest BCUT2D eigenvalue weighted by Gasteiger charge is -2.34. The number of rotatable bonds is 8. The van der Waals surface area contributed by atoms with E-state index in [1.54, 1.807) is 12.2 Å². The molecule has 35 heavy (non-hydrogen) atoms. The van der Waals surface area contributed by atoms with Crippen molar-refractivity contribution >= 4 is 35.1 Å². The van der Waals surface area contributed by atoms with E-state index in [1.807, 2.05) is 24.3 Å². The van der Waals surface area contributed by atoms with Gasteiger partial charge in [-0.1, -0.05) is 36.4 Å². The van der Waals surface area contributed by atoms with Gasteiger partial charge in [0.25, 0.3) is 0 Å². The molecule has 0 spiro atoms. The molecule has 2 aliphatic rings. The fourth-order valence-electron chi connectivity index (χ4n) is 4.39. The van der Waals surface area contributed by atoms with Gasteiger partial charge in [0.15, 0.2) is 11.6 Å². The van der Waals surface area contributed by atoms with Gasteiger partial charge in [0, 0.05) is 63.7 Å². The van der Waals surface area contributed by atoms with Crippen LogP contribution in [0, 0.1) is 0 Å². The molecule has 6 heteroatoms. The second-order valence-electron chi connectivity index (χ2n) is 9.54. The van der Waals surface area contributed by atoms with E-state index in [0.717, 1.165) is 63.5 Å². The molecule has 0 aromatic heterocycles. The van der Waals surface area contributed by atoms with Crippen LogP contribution in [-0.4, -0.2) is 87.8 Å². The Balaban J connectivity index is 1.23. The first-order valence-corrected chi connectivity index (χ1v) is 12.5. The smallest absolute Gasteiger partial charge is 0.163 e. The first-order valence-electron chi connectivity index (χ1n) is 12.5. The van der Waals surface area contributed by atoms with E-state index in [1.165, 1.54) is 23.5 Å². The van der Waals surface area contributed by atoms with E-state index < -0.39 is 0 Å². The van der Waals surface area contributed by atoms with Gasteiger partial charge in [-0.3, -0.25) is 9.59 Å². The predicted molar refractivity (Wildman–Crippen MR) is 145 cm³/mol. The summed E-state index contributed by atoms with van der Waals surface area (Å²) in [7, 11) is 4.30. The number of benzene rings is 2. The highest BCUT2D eigenvalue weighted by Gasteiger charge is 2.15. The average Bonchev–Trinajstić information content (AvgIpc) is 2.88. The highest BCUT2D eigenvalue weighted by molar-refractivity contribution is 6.10. The molecule has 0 bridgehead atoms. The second-order valence-corrected chi connectivity index (χ2v) is 9.54. The summed E-state index contributed by atoms with van der Waals surface area (Å²) in [6, 6.07) is 16.5. The summed E-state index contributed by atoms with van der Waals surface area (Å²) in [6.07, 6.45) is 6.45. The lowest BCUT2D eigenvalue weighted by Crippen LogP contribution is -2.44. The number of hydrogen-bond donors (Lipinski definition) is 0. The molecule has 0 aliphatic carbocycles. The quantitative estimate of drug-likeness (QED) is 0.433. The topological polar surface area (TPSA) is 47.1 Å². The van der Waals surface area contributed by atoms with Crippen LogP contribution in [0.2, 0.25) is 0 Å². The SMILES string of the molecule is CN1CCN(c2ccc(C=CC(=O)CC(=O)C=Cc3ccc(N4CCN(C)CC4)cc3)cc2)CC1.